The smallest absolute Gasteiger partial charge is 0.0111 e. The van der Waals surface area contributed by atoms with Gasteiger partial charge in [-0.05, 0) is 45.2 Å². The Hall–Kier alpha value is -0.0800. The zero-order valence-electron chi connectivity index (χ0n) is 8.71. The third-order valence-corrected chi connectivity index (χ3v) is 4.06. The van der Waals surface area contributed by atoms with Crippen LogP contribution in [0.25, 0.3) is 0 Å². The van der Waals surface area contributed by atoms with Gasteiger partial charge in [-0.25, -0.2) is 0 Å². The maximum absolute atomic E-state index is 5.76. The summed E-state index contributed by atoms with van der Waals surface area (Å²) in [5.74, 6) is 0.764. The predicted molar refractivity (Wildman–Crippen MR) is 55.6 cm³/mol. The van der Waals surface area contributed by atoms with Crippen molar-refractivity contribution in [1.82, 2.24) is 4.90 Å². The Balaban J connectivity index is 1.93. The first kappa shape index (κ1) is 9.47. The van der Waals surface area contributed by atoms with E-state index in [4.69, 9.17) is 5.73 Å². The summed E-state index contributed by atoms with van der Waals surface area (Å²) in [6.07, 6.45) is 7.08. The van der Waals surface area contributed by atoms with Crippen LogP contribution in [0.5, 0.6) is 0 Å². The summed E-state index contributed by atoms with van der Waals surface area (Å²) in [6, 6.07) is 1.64. The number of nitrogens with two attached hydrogens (primary N) is 1. The van der Waals surface area contributed by atoms with Gasteiger partial charge in [0.1, 0.15) is 0 Å². The van der Waals surface area contributed by atoms with Crippen molar-refractivity contribution in [2.24, 2.45) is 11.7 Å². The van der Waals surface area contributed by atoms with Gasteiger partial charge in [0.15, 0.2) is 0 Å². The summed E-state index contributed by atoms with van der Waals surface area (Å²) in [4.78, 5) is 2.71. The molecule has 1 heterocycles. The molecule has 2 heteroatoms. The minimum absolute atomic E-state index is 0.744. The van der Waals surface area contributed by atoms with E-state index in [1.165, 1.54) is 38.6 Å². The highest BCUT2D eigenvalue weighted by atomic mass is 15.2. The molecule has 0 spiro atoms. The van der Waals surface area contributed by atoms with Crippen molar-refractivity contribution < 1.29 is 0 Å². The van der Waals surface area contributed by atoms with Crippen LogP contribution in [0.4, 0.5) is 0 Å². The quantitative estimate of drug-likeness (QED) is 0.703. The van der Waals surface area contributed by atoms with E-state index >= 15 is 0 Å². The van der Waals surface area contributed by atoms with E-state index in [1.807, 2.05) is 0 Å². The lowest BCUT2D eigenvalue weighted by atomic mass is 10.0. The standard InChI is InChI=1S/C11H22N2/c1-9-10(8-12)6-7-13(9)11-4-2-3-5-11/h9-11H,2-8,12H2,1H3. The lowest BCUT2D eigenvalue weighted by Crippen LogP contribution is -2.39. The zero-order chi connectivity index (χ0) is 9.26. The van der Waals surface area contributed by atoms with Crippen LogP contribution in [0.15, 0.2) is 0 Å². The van der Waals surface area contributed by atoms with E-state index < -0.39 is 0 Å². The second kappa shape index (κ2) is 3.97. The van der Waals surface area contributed by atoms with Crippen molar-refractivity contribution >= 4 is 0 Å². The maximum Gasteiger partial charge on any atom is 0.0111 e. The molecule has 0 radical (unpaired) electrons. The Morgan fingerprint density at radius 1 is 1.23 bits per heavy atom. The van der Waals surface area contributed by atoms with E-state index in [-0.39, 0.29) is 0 Å². The lowest BCUT2D eigenvalue weighted by Gasteiger charge is -2.29. The maximum atomic E-state index is 5.76. The van der Waals surface area contributed by atoms with Crippen LogP contribution in [0.3, 0.4) is 0 Å². The Bertz CT molecular complexity index is 163. The minimum Gasteiger partial charge on any atom is -0.330 e. The van der Waals surface area contributed by atoms with E-state index in [0.29, 0.717) is 0 Å². The van der Waals surface area contributed by atoms with Crippen molar-refractivity contribution in [2.45, 2.75) is 51.1 Å². The van der Waals surface area contributed by atoms with Crippen molar-refractivity contribution in [2.75, 3.05) is 13.1 Å². The van der Waals surface area contributed by atoms with Gasteiger partial charge in [-0.3, -0.25) is 4.90 Å². The predicted octanol–water partition coefficient (Wildman–Crippen LogP) is 1.60. The Morgan fingerprint density at radius 3 is 2.46 bits per heavy atom. The summed E-state index contributed by atoms with van der Waals surface area (Å²) in [6.45, 7) is 4.54. The summed E-state index contributed by atoms with van der Waals surface area (Å²) in [5.41, 5.74) is 5.76. The number of hydrogen-bond donors (Lipinski definition) is 1. The van der Waals surface area contributed by atoms with Gasteiger partial charge in [0.05, 0.1) is 0 Å². The molecule has 76 valence electrons. The zero-order valence-corrected chi connectivity index (χ0v) is 8.71. The molecule has 2 nitrogen and oxygen atoms in total. The molecule has 0 aromatic rings. The Morgan fingerprint density at radius 2 is 1.92 bits per heavy atom. The third kappa shape index (κ3) is 1.75. The molecule has 2 unspecified atom stereocenters. The first-order chi connectivity index (χ1) is 6.33. The Labute approximate surface area is 81.5 Å². The van der Waals surface area contributed by atoms with Crippen LogP contribution in [0.2, 0.25) is 0 Å². The van der Waals surface area contributed by atoms with Gasteiger partial charge in [0.2, 0.25) is 0 Å². The first-order valence-corrected chi connectivity index (χ1v) is 5.78. The van der Waals surface area contributed by atoms with Gasteiger partial charge in [0, 0.05) is 12.1 Å². The largest absolute Gasteiger partial charge is 0.330 e. The van der Waals surface area contributed by atoms with Crippen molar-refractivity contribution in [1.29, 1.82) is 0 Å². The van der Waals surface area contributed by atoms with Crippen molar-refractivity contribution in [3.05, 3.63) is 0 Å². The van der Waals surface area contributed by atoms with Crippen LogP contribution >= 0.6 is 0 Å². The van der Waals surface area contributed by atoms with Crippen molar-refractivity contribution in [3.63, 3.8) is 0 Å². The van der Waals surface area contributed by atoms with E-state index in [2.05, 4.69) is 11.8 Å². The number of nitrogens with zero attached hydrogens (tertiary/aromatic N) is 1. The molecule has 1 aliphatic heterocycles. The van der Waals surface area contributed by atoms with Crippen molar-refractivity contribution in [3.8, 4) is 0 Å². The van der Waals surface area contributed by atoms with Crippen LogP contribution in [0, 0.1) is 5.92 Å². The van der Waals surface area contributed by atoms with E-state index in [9.17, 15) is 0 Å². The summed E-state index contributed by atoms with van der Waals surface area (Å²) in [7, 11) is 0. The molecule has 2 atom stereocenters. The van der Waals surface area contributed by atoms with Crippen LogP contribution in [-0.2, 0) is 0 Å². The normalized spacial score (nSPS) is 37.4. The summed E-state index contributed by atoms with van der Waals surface area (Å²) < 4.78 is 0. The third-order valence-electron chi connectivity index (χ3n) is 4.06. The topological polar surface area (TPSA) is 29.3 Å². The average Bonchev–Trinajstić information content (AvgIpc) is 2.72. The average molecular weight is 182 g/mol. The molecule has 1 aliphatic carbocycles. The van der Waals surface area contributed by atoms with Gasteiger partial charge in [-0.15, -0.1) is 0 Å². The fraction of sp³-hybridized carbons (Fsp3) is 1.00. The monoisotopic (exact) mass is 182 g/mol. The van der Waals surface area contributed by atoms with E-state index in [1.54, 1.807) is 0 Å². The molecule has 13 heavy (non-hydrogen) atoms. The fourth-order valence-corrected chi connectivity index (χ4v) is 3.10. The molecule has 0 bridgehead atoms. The second-order valence-corrected chi connectivity index (χ2v) is 4.70. The number of likely N-dealkylation sites (tertiary alicyclic amines) is 1. The molecule has 2 rings (SSSR count). The van der Waals surface area contributed by atoms with Crippen LogP contribution in [-0.4, -0.2) is 30.1 Å². The van der Waals surface area contributed by atoms with Gasteiger partial charge < -0.3 is 5.73 Å². The first-order valence-electron chi connectivity index (χ1n) is 5.78. The van der Waals surface area contributed by atoms with Crippen LogP contribution < -0.4 is 5.73 Å². The van der Waals surface area contributed by atoms with E-state index in [0.717, 1.165) is 24.5 Å². The summed E-state index contributed by atoms with van der Waals surface area (Å²) in [5, 5.41) is 0. The highest BCUT2D eigenvalue weighted by molar-refractivity contribution is 4.90. The fourth-order valence-electron chi connectivity index (χ4n) is 3.10. The molecule has 1 saturated heterocycles. The second-order valence-electron chi connectivity index (χ2n) is 4.70. The van der Waals surface area contributed by atoms with Crippen LogP contribution in [0.1, 0.15) is 39.0 Å². The SMILES string of the molecule is CC1C(CN)CCN1C1CCCC1. The van der Waals surface area contributed by atoms with Gasteiger partial charge >= 0.3 is 0 Å². The molecule has 2 aliphatic rings. The summed E-state index contributed by atoms with van der Waals surface area (Å²) >= 11 is 0. The number of rotatable bonds is 2. The minimum atomic E-state index is 0.744. The molecular weight excluding hydrogens is 160 g/mol. The highest BCUT2D eigenvalue weighted by Gasteiger charge is 2.34. The molecule has 0 amide bonds. The van der Waals surface area contributed by atoms with Gasteiger partial charge in [-0.2, -0.15) is 0 Å². The molecule has 2 N–H and O–H groups in total. The van der Waals surface area contributed by atoms with Gasteiger partial charge in [-0.1, -0.05) is 12.8 Å². The molecule has 1 saturated carbocycles. The van der Waals surface area contributed by atoms with Gasteiger partial charge in [0.25, 0.3) is 0 Å². The highest BCUT2D eigenvalue weighted by Crippen LogP contribution is 2.32. The molecule has 0 aromatic heterocycles. The molecule has 2 fully saturated rings. The number of hydrogen-bond acceptors (Lipinski definition) is 2. The molecule has 0 aromatic carbocycles. The molecular formula is C11H22N2. The lowest BCUT2D eigenvalue weighted by molar-refractivity contribution is 0.176. The Kier molecular flexibility index (Phi) is 2.89.